The highest BCUT2D eigenvalue weighted by Crippen LogP contribution is 2.28. The van der Waals surface area contributed by atoms with Crippen LogP contribution >= 0.6 is 11.3 Å². The maximum atomic E-state index is 12.9. The molecule has 2 amide bonds. The first-order valence-corrected chi connectivity index (χ1v) is 9.15. The number of amides is 2. The maximum absolute atomic E-state index is 12.9. The average Bonchev–Trinajstić information content (AvgIpc) is 2.94. The van der Waals surface area contributed by atoms with Gasteiger partial charge in [-0.05, 0) is 12.5 Å². The first kappa shape index (κ1) is 17.6. The standard InChI is InChI=1S/C17H22N4O3S/c1-10(2)15(22)20-5-7-21(8-6-20)17(24)13-11(3)12-14(25-13)18-9-19(4)16(12)23/h9-10H,5-8H2,1-4H3. The quantitative estimate of drug-likeness (QED) is 0.806. The van der Waals surface area contributed by atoms with Gasteiger partial charge in [0.05, 0.1) is 16.6 Å². The third-order valence-corrected chi connectivity index (χ3v) is 5.77. The van der Waals surface area contributed by atoms with Crippen LogP contribution in [-0.2, 0) is 11.8 Å². The average molecular weight is 362 g/mol. The monoisotopic (exact) mass is 362 g/mol. The molecule has 1 fully saturated rings. The maximum Gasteiger partial charge on any atom is 0.264 e. The van der Waals surface area contributed by atoms with Crippen molar-refractivity contribution in [1.82, 2.24) is 19.4 Å². The van der Waals surface area contributed by atoms with Crippen LogP contribution in [0.2, 0.25) is 0 Å². The van der Waals surface area contributed by atoms with Crippen LogP contribution in [0, 0.1) is 12.8 Å². The second-order valence-corrected chi connectivity index (χ2v) is 7.67. The zero-order valence-electron chi connectivity index (χ0n) is 14.9. The van der Waals surface area contributed by atoms with E-state index in [0.29, 0.717) is 46.8 Å². The van der Waals surface area contributed by atoms with Crippen LogP contribution in [-0.4, -0.2) is 57.3 Å². The van der Waals surface area contributed by atoms with E-state index in [9.17, 15) is 14.4 Å². The van der Waals surface area contributed by atoms with E-state index < -0.39 is 0 Å². The third kappa shape index (κ3) is 3.06. The summed E-state index contributed by atoms with van der Waals surface area (Å²) in [6.45, 7) is 7.68. The molecule has 0 bridgehead atoms. The Morgan fingerprint density at radius 1 is 1.16 bits per heavy atom. The van der Waals surface area contributed by atoms with E-state index in [1.807, 2.05) is 18.7 Å². The van der Waals surface area contributed by atoms with E-state index in [1.54, 1.807) is 18.9 Å². The van der Waals surface area contributed by atoms with Gasteiger partial charge in [0.1, 0.15) is 4.83 Å². The van der Waals surface area contributed by atoms with E-state index in [2.05, 4.69) is 4.98 Å². The zero-order valence-corrected chi connectivity index (χ0v) is 15.7. The van der Waals surface area contributed by atoms with Crippen molar-refractivity contribution in [2.45, 2.75) is 20.8 Å². The molecular weight excluding hydrogens is 340 g/mol. The topological polar surface area (TPSA) is 75.5 Å². The fourth-order valence-corrected chi connectivity index (χ4v) is 4.16. The highest BCUT2D eigenvalue weighted by molar-refractivity contribution is 7.20. The van der Waals surface area contributed by atoms with Crippen molar-refractivity contribution in [2.24, 2.45) is 13.0 Å². The molecule has 134 valence electrons. The van der Waals surface area contributed by atoms with E-state index >= 15 is 0 Å². The molecule has 0 spiro atoms. The Bertz CT molecular complexity index is 891. The van der Waals surface area contributed by atoms with Crippen LogP contribution in [0.3, 0.4) is 0 Å². The Morgan fingerprint density at radius 2 is 1.76 bits per heavy atom. The van der Waals surface area contributed by atoms with E-state index in [-0.39, 0.29) is 23.3 Å². The summed E-state index contributed by atoms with van der Waals surface area (Å²) >= 11 is 1.26. The molecule has 0 unspecified atom stereocenters. The lowest BCUT2D eigenvalue weighted by Gasteiger charge is -2.35. The Morgan fingerprint density at radius 3 is 2.36 bits per heavy atom. The van der Waals surface area contributed by atoms with Crippen molar-refractivity contribution in [3.63, 3.8) is 0 Å². The normalized spacial score (nSPS) is 15.2. The van der Waals surface area contributed by atoms with Gasteiger partial charge in [-0.2, -0.15) is 0 Å². The van der Waals surface area contributed by atoms with Gasteiger partial charge in [0.15, 0.2) is 0 Å². The van der Waals surface area contributed by atoms with Crippen LogP contribution < -0.4 is 5.56 Å². The number of rotatable bonds is 2. The molecule has 25 heavy (non-hydrogen) atoms. The lowest BCUT2D eigenvalue weighted by molar-refractivity contribution is -0.135. The fourth-order valence-electron chi connectivity index (χ4n) is 3.05. The molecule has 1 aliphatic rings. The van der Waals surface area contributed by atoms with Crippen molar-refractivity contribution >= 4 is 33.4 Å². The number of aryl methyl sites for hydroxylation is 2. The Hall–Kier alpha value is -2.22. The smallest absolute Gasteiger partial charge is 0.264 e. The first-order chi connectivity index (χ1) is 11.8. The number of thiophene rings is 1. The predicted octanol–water partition coefficient (Wildman–Crippen LogP) is 1.24. The number of piperazine rings is 1. The molecule has 0 aliphatic carbocycles. The molecule has 8 heteroatoms. The molecular formula is C17H22N4O3S. The summed E-state index contributed by atoms with van der Waals surface area (Å²) in [5.41, 5.74) is 0.560. The summed E-state index contributed by atoms with van der Waals surface area (Å²) in [5, 5.41) is 0.520. The summed E-state index contributed by atoms with van der Waals surface area (Å²) in [6.07, 6.45) is 1.48. The largest absolute Gasteiger partial charge is 0.339 e. The van der Waals surface area contributed by atoms with Gasteiger partial charge in [0.25, 0.3) is 11.5 Å². The van der Waals surface area contributed by atoms with Crippen LogP contribution in [0.25, 0.3) is 10.2 Å². The van der Waals surface area contributed by atoms with E-state index in [0.717, 1.165) is 0 Å². The van der Waals surface area contributed by atoms with Crippen molar-refractivity contribution in [1.29, 1.82) is 0 Å². The minimum absolute atomic E-state index is 0.0330. The predicted molar refractivity (Wildman–Crippen MR) is 96.9 cm³/mol. The Balaban J connectivity index is 1.82. The summed E-state index contributed by atoms with van der Waals surface area (Å²) in [6, 6.07) is 0. The minimum Gasteiger partial charge on any atom is -0.339 e. The lowest BCUT2D eigenvalue weighted by Crippen LogP contribution is -2.51. The van der Waals surface area contributed by atoms with Crippen LogP contribution in [0.15, 0.2) is 11.1 Å². The molecule has 0 atom stereocenters. The van der Waals surface area contributed by atoms with Crippen molar-refractivity contribution < 1.29 is 9.59 Å². The van der Waals surface area contributed by atoms with Gasteiger partial charge in [-0.15, -0.1) is 11.3 Å². The minimum atomic E-state index is -0.134. The molecule has 1 aliphatic heterocycles. The zero-order chi connectivity index (χ0) is 18.3. The SMILES string of the molecule is Cc1c(C(=O)N2CCN(C(=O)C(C)C)CC2)sc2ncn(C)c(=O)c12. The molecule has 0 radical (unpaired) electrons. The molecule has 2 aromatic heterocycles. The van der Waals surface area contributed by atoms with Crippen molar-refractivity contribution in [2.75, 3.05) is 26.2 Å². The van der Waals surface area contributed by atoms with Crippen LogP contribution in [0.5, 0.6) is 0 Å². The molecule has 0 N–H and O–H groups in total. The number of carbonyl (C=O) groups excluding carboxylic acids is 2. The molecule has 1 saturated heterocycles. The number of fused-ring (bicyclic) bond motifs is 1. The van der Waals surface area contributed by atoms with Gasteiger partial charge >= 0.3 is 0 Å². The Labute approximate surface area is 149 Å². The highest BCUT2D eigenvalue weighted by Gasteiger charge is 2.28. The molecule has 3 rings (SSSR count). The third-order valence-electron chi connectivity index (χ3n) is 4.58. The Kier molecular flexibility index (Phi) is 4.64. The molecule has 0 saturated carbocycles. The van der Waals surface area contributed by atoms with E-state index in [1.165, 1.54) is 22.2 Å². The molecule has 2 aromatic rings. The van der Waals surface area contributed by atoms with Gasteiger partial charge in [-0.25, -0.2) is 4.98 Å². The van der Waals surface area contributed by atoms with Gasteiger partial charge in [0.2, 0.25) is 5.91 Å². The van der Waals surface area contributed by atoms with Gasteiger partial charge in [0, 0.05) is 39.1 Å². The highest BCUT2D eigenvalue weighted by atomic mass is 32.1. The summed E-state index contributed by atoms with van der Waals surface area (Å²) < 4.78 is 1.42. The summed E-state index contributed by atoms with van der Waals surface area (Å²) in [4.78, 5) is 46.2. The van der Waals surface area contributed by atoms with Gasteiger partial charge < -0.3 is 14.4 Å². The fraction of sp³-hybridized carbons (Fsp3) is 0.529. The summed E-state index contributed by atoms with van der Waals surface area (Å²) in [5.74, 6) is 0.00594. The van der Waals surface area contributed by atoms with Gasteiger partial charge in [-0.3, -0.25) is 14.4 Å². The number of hydrogen-bond donors (Lipinski definition) is 0. The number of carbonyl (C=O) groups is 2. The number of nitrogens with zero attached hydrogens (tertiary/aromatic N) is 4. The van der Waals surface area contributed by atoms with Crippen molar-refractivity contribution in [3.8, 4) is 0 Å². The number of hydrogen-bond acceptors (Lipinski definition) is 5. The molecule has 0 aromatic carbocycles. The molecule has 3 heterocycles. The lowest BCUT2D eigenvalue weighted by atomic mass is 10.1. The van der Waals surface area contributed by atoms with Crippen LogP contribution in [0.1, 0.15) is 29.1 Å². The molecule has 7 nitrogen and oxygen atoms in total. The number of aromatic nitrogens is 2. The van der Waals surface area contributed by atoms with Crippen molar-refractivity contribution in [3.05, 3.63) is 27.1 Å². The first-order valence-electron chi connectivity index (χ1n) is 8.34. The van der Waals surface area contributed by atoms with Crippen LogP contribution in [0.4, 0.5) is 0 Å². The van der Waals surface area contributed by atoms with E-state index in [4.69, 9.17) is 0 Å². The summed E-state index contributed by atoms with van der Waals surface area (Å²) in [7, 11) is 1.65. The second-order valence-electron chi connectivity index (χ2n) is 6.67. The van der Waals surface area contributed by atoms with Gasteiger partial charge in [-0.1, -0.05) is 13.8 Å². The second kappa shape index (κ2) is 6.59.